The van der Waals surface area contributed by atoms with Crippen LogP contribution in [0.5, 0.6) is 0 Å². The maximum atomic E-state index is 4.25. The SMILES string of the molecule is CCNC(CSc1ccc(C)cc1)c1ccnn1C. The highest BCUT2D eigenvalue weighted by Crippen LogP contribution is 2.24. The number of aromatic nitrogens is 2. The topological polar surface area (TPSA) is 29.9 Å². The van der Waals surface area contributed by atoms with Crippen molar-refractivity contribution in [1.82, 2.24) is 15.1 Å². The zero-order chi connectivity index (χ0) is 13.7. The summed E-state index contributed by atoms with van der Waals surface area (Å²) in [6.45, 7) is 5.22. The minimum absolute atomic E-state index is 0.337. The van der Waals surface area contributed by atoms with E-state index in [2.05, 4.69) is 54.6 Å². The molecular formula is C15H21N3S. The lowest BCUT2D eigenvalue weighted by Crippen LogP contribution is -2.25. The van der Waals surface area contributed by atoms with Gasteiger partial charge in [0.2, 0.25) is 0 Å². The van der Waals surface area contributed by atoms with Gasteiger partial charge in [0.25, 0.3) is 0 Å². The summed E-state index contributed by atoms with van der Waals surface area (Å²) >= 11 is 1.88. The van der Waals surface area contributed by atoms with E-state index in [1.807, 2.05) is 29.7 Å². The van der Waals surface area contributed by atoms with Crippen LogP contribution >= 0.6 is 11.8 Å². The van der Waals surface area contributed by atoms with Crippen molar-refractivity contribution in [3.63, 3.8) is 0 Å². The Labute approximate surface area is 119 Å². The quantitative estimate of drug-likeness (QED) is 0.821. The average molecular weight is 275 g/mol. The number of benzene rings is 1. The van der Waals surface area contributed by atoms with Gasteiger partial charge in [0.05, 0.1) is 11.7 Å². The van der Waals surface area contributed by atoms with E-state index in [0.29, 0.717) is 6.04 Å². The monoisotopic (exact) mass is 275 g/mol. The van der Waals surface area contributed by atoms with Crippen LogP contribution in [0.4, 0.5) is 0 Å². The van der Waals surface area contributed by atoms with Gasteiger partial charge in [-0.15, -0.1) is 11.8 Å². The molecule has 0 aliphatic heterocycles. The molecule has 1 heterocycles. The van der Waals surface area contributed by atoms with Gasteiger partial charge in [0.15, 0.2) is 0 Å². The Hall–Kier alpha value is -1.26. The smallest absolute Gasteiger partial charge is 0.0587 e. The summed E-state index contributed by atoms with van der Waals surface area (Å²) in [5, 5.41) is 7.78. The van der Waals surface area contributed by atoms with Gasteiger partial charge in [-0.3, -0.25) is 4.68 Å². The Kier molecular flexibility index (Phi) is 5.05. The van der Waals surface area contributed by atoms with Crippen LogP contribution in [-0.4, -0.2) is 22.1 Å². The summed E-state index contributed by atoms with van der Waals surface area (Å²) < 4.78 is 1.95. The Morgan fingerprint density at radius 3 is 2.58 bits per heavy atom. The lowest BCUT2D eigenvalue weighted by Gasteiger charge is -2.17. The fraction of sp³-hybridized carbons (Fsp3) is 0.400. The highest BCUT2D eigenvalue weighted by Gasteiger charge is 2.14. The molecule has 1 unspecified atom stereocenters. The first-order valence-corrected chi connectivity index (χ1v) is 7.60. The molecule has 3 nitrogen and oxygen atoms in total. The Morgan fingerprint density at radius 1 is 1.26 bits per heavy atom. The van der Waals surface area contributed by atoms with E-state index >= 15 is 0 Å². The van der Waals surface area contributed by atoms with E-state index < -0.39 is 0 Å². The van der Waals surface area contributed by atoms with Crippen LogP contribution in [0.2, 0.25) is 0 Å². The first kappa shape index (κ1) is 14.2. The number of hydrogen-bond acceptors (Lipinski definition) is 3. The lowest BCUT2D eigenvalue weighted by molar-refractivity contribution is 0.553. The van der Waals surface area contributed by atoms with E-state index in [4.69, 9.17) is 0 Å². The highest BCUT2D eigenvalue weighted by molar-refractivity contribution is 7.99. The van der Waals surface area contributed by atoms with Crippen LogP contribution in [0.25, 0.3) is 0 Å². The van der Waals surface area contributed by atoms with Gasteiger partial charge in [0, 0.05) is 23.9 Å². The van der Waals surface area contributed by atoms with Crippen molar-refractivity contribution in [3.8, 4) is 0 Å². The molecule has 1 aromatic heterocycles. The summed E-state index contributed by atoms with van der Waals surface area (Å²) in [6.07, 6.45) is 1.86. The third kappa shape index (κ3) is 3.85. The van der Waals surface area contributed by atoms with Crippen LogP contribution in [0.3, 0.4) is 0 Å². The van der Waals surface area contributed by atoms with Gasteiger partial charge in [-0.05, 0) is 31.7 Å². The van der Waals surface area contributed by atoms with E-state index in [1.54, 1.807) is 0 Å². The molecule has 4 heteroatoms. The molecule has 1 N–H and O–H groups in total. The molecule has 0 fully saturated rings. The van der Waals surface area contributed by atoms with Gasteiger partial charge in [-0.2, -0.15) is 5.10 Å². The van der Waals surface area contributed by atoms with Crippen molar-refractivity contribution < 1.29 is 0 Å². The largest absolute Gasteiger partial charge is 0.308 e. The minimum atomic E-state index is 0.337. The number of nitrogens with zero attached hydrogens (tertiary/aromatic N) is 2. The maximum Gasteiger partial charge on any atom is 0.0587 e. The standard InChI is InChI=1S/C15H21N3S/c1-4-16-14(15-9-10-17-18(15)3)11-19-13-7-5-12(2)6-8-13/h5-10,14,16H,4,11H2,1-3H3. The molecule has 1 aromatic carbocycles. The van der Waals surface area contributed by atoms with Crippen LogP contribution in [0.15, 0.2) is 41.4 Å². The van der Waals surface area contributed by atoms with Crippen molar-refractivity contribution in [2.45, 2.75) is 24.8 Å². The first-order valence-electron chi connectivity index (χ1n) is 6.61. The van der Waals surface area contributed by atoms with Crippen molar-refractivity contribution in [2.24, 2.45) is 7.05 Å². The second kappa shape index (κ2) is 6.78. The molecule has 0 radical (unpaired) electrons. The first-order chi connectivity index (χ1) is 9.20. The molecule has 1 atom stereocenters. The van der Waals surface area contributed by atoms with E-state index in [0.717, 1.165) is 12.3 Å². The zero-order valence-corrected chi connectivity index (χ0v) is 12.6. The molecule has 0 aliphatic rings. The molecule has 0 saturated carbocycles. The van der Waals surface area contributed by atoms with E-state index in [1.165, 1.54) is 16.2 Å². The lowest BCUT2D eigenvalue weighted by atomic mass is 10.2. The van der Waals surface area contributed by atoms with Gasteiger partial charge in [0.1, 0.15) is 0 Å². The van der Waals surface area contributed by atoms with E-state index in [9.17, 15) is 0 Å². The third-order valence-electron chi connectivity index (χ3n) is 3.10. The van der Waals surface area contributed by atoms with E-state index in [-0.39, 0.29) is 0 Å². The number of nitrogens with one attached hydrogen (secondary N) is 1. The number of hydrogen-bond donors (Lipinski definition) is 1. The molecule has 0 saturated heterocycles. The van der Waals surface area contributed by atoms with Crippen molar-refractivity contribution >= 4 is 11.8 Å². The van der Waals surface area contributed by atoms with Crippen LogP contribution in [-0.2, 0) is 7.05 Å². The van der Waals surface area contributed by atoms with Crippen LogP contribution in [0, 0.1) is 6.92 Å². The second-order valence-corrected chi connectivity index (χ2v) is 5.71. The number of rotatable bonds is 6. The van der Waals surface area contributed by atoms with Gasteiger partial charge < -0.3 is 5.32 Å². The summed E-state index contributed by atoms with van der Waals surface area (Å²) in [6, 6.07) is 11.1. The van der Waals surface area contributed by atoms with Gasteiger partial charge in [-0.1, -0.05) is 24.6 Å². The van der Waals surface area contributed by atoms with Gasteiger partial charge >= 0.3 is 0 Å². The second-order valence-electron chi connectivity index (χ2n) is 4.61. The molecule has 19 heavy (non-hydrogen) atoms. The van der Waals surface area contributed by atoms with Crippen LogP contribution < -0.4 is 5.32 Å². The van der Waals surface area contributed by atoms with Crippen molar-refractivity contribution in [3.05, 3.63) is 47.8 Å². The molecule has 0 bridgehead atoms. The van der Waals surface area contributed by atoms with Crippen LogP contribution in [0.1, 0.15) is 24.2 Å². The molecule has 2 aromatic rings. The Balaban J connectivity index is 2.01. The predicted octanol–water partition coefficient (Wildman–Crippen LogP) is 3.17. The summed E-state index contributed by atoms with van der Waals surface area (Å²) in [5.74, 6) is 1.01. The Bertz CT molecular complexity index is 504. The zero-order valence-electron chi connectivity index (χ0n) is 11.8. The minimum Gasteiger partial charge on any atom is -0.308 e. The molecule has 0 aliphatic carbocycles. The molecule has 102 valence electrons. The number of thioether (sulfide) groups is 1. The maximum absolute atomic E-state index is 4.25. The Morgan fingerprint density at radius 2 is 2.00 bits per heavy atom. The average Bonchev–Trinajstić information content (AvgIpc) is 2.83. The molecule has 0 spiro atoms. The fourth-order valence-electron chi connectivity index (χ4n) is 2.04. The molecule has 0 amide bonds. The number of aryl methyl sites for hydroxylation is 2. The summed E-state index contributed by atoms with van der Waals surface area (Å²) in [5.41, 5.74) is 2.54. The molecule has 2 rings (SSSR count). The highest BCUT2D eigenvalue weighted by atomic mass is 32.2. The summed E-state index contributed by atoms with van der Waals surface area (Å²) in [7, 11) is 2.00. The van der Waals surface area contributed by atoms with Crippen molar-refractivity contribution in [2.75, 3.05) is 12.3 Å². The summed E-state index contributed by atoms with van der Waals surface area (Å²) in [4.78, 5) is 1.32. The fourth-order valence-corrected chi connectivity index (χ4v) is 3.01. The van der Waals surface area contributed by atoms with Gasteiger partial charge in [-0.25, -0.2) is 0 Å². The third-order valence-corrected chi connectivity index (χ3v) is 4.21. The normalized spacial score (nSPS) is 12.6. The predicted molar refractivity (Wildman–Crippen MR) is 81.5 cm³/mol. The van der Waals surface area contributed by atoms with Crippen molar-refractivity contribution in [1.29, 1.82) is 0 Å². The molecular weight excluding hydrogens is 254 g/mol.